The van der Waals surface area contributed by atoms with Gasteiger partial charge in [0.15, 0.2) is 0 Å². The van der Waals surface area contributed by atoms with Crippen molar-refractivity contribution in [1.29, 1.82) is 0 Å². The van der Waals surface area contributed by atoms with Crippen LogP contribution in [-0.4, -0.2) is 48.5 Å². The summed E-state index contributed by atoms with van der Waals surface area (Å²) in [5.74, 6) is -2.94. The Labute approximate surface area is 223 Å². The molecule has 8 nitrogen and oxygen atoms in total. The fourth-order valence-corrected chi connectivity index (χ4v) is 4.21. The van der Waals surface area contributed by atoms with E-state index in [1.165, 1.54) is 24.0 Å². The van der Waals surface area contributed by atoms with Crippen molar-refractivity contribution in [1.82, 2.24) is 10.6 Å². The summed E-state index contributed by atoms with van der Waals surface area (Å²) in [5, 5.41) is 5.77. The number of Topliss-reactive ketones (excluding diaryl/α,β-unsaturated/α-hetero) is 1. The van der Waals surface area contributed by atoms with Crippen molar-refractivity contribution >= 4 is 58.1 Å². The molecule has 10 heteroatoms. The van der Waals surface area contributed by atoms with Crippen LogP contribution < -0.4 is 15.5 Å². The highest BCUT2D eigenvalue weighted by atomic mass is 35.5. The number of aliphatic imine (C=N–C) groups is 1. The number of hydrogen-bond acceptors (Lipinski definition) is 5. The third-order valence-corrected chi connectivity index (χ3v) is 6.35. The fraction of sp³-hybridized carbons (Fsp3) is 0.148. The van der Waals surface area contributed by atoms with Crippen LogP contribution in [0.4, 0.5) is 5.69 Å². The smallest absolute Gasteiger partial charge is 0.293 e. The summed E-state index contributed by atoms with van der Waals surface area (Å²) in [6.07, 6.45) is -1.33. The maximum atomic E-state index is 13.3. The lowest BCUT2D eigenvalue weighted by Gasteiger charge is -2.22. The number of carbonyl (C=O) groups excluding carboxylic acids is 4. The van der Waals surface area contributed by atoms with Crippen LogP contribution in [-0.2, 0) is 14.4 Å². The van der Waals surface area contributed by atoms with Gasteiger partial charge in [-0.3, -0.25) is 19.2 Å². The van der Waals surface area contributed by atoms with Gasteiger partial charge in [0.1, 0.15) is 6.04 Å². The first-order chi connectivity index (χ1) is 17.7. The molecule has 1 aliphatic heterocycles. The number of likely N-dealkylation sites (N-methyl/N-ethyl adjacent to an activating group) is 1. The van der Waals surface area contributed by atoms with Gasteiger partial charge in [-0.15, -0.1) is 0 Å². The summed E-state index contributed by atoms with van der Waals surface area (Å²) in [5.41, 5.74) is 2.19. The van der Waals surface area contributed by atoms with Crippen LogP contribution in [0.1, 0.15) is 28.4 Å². The molecule has 37 heavy (non-hydrogen) atoms. The number of halogens is 2. The number of benzodiazepines with no additional fused rings is 1. The highest BCUT2D eigenvalue weighted by Crippen LogP contribution is 2.31. The van der Waals surface area contributed by atoms with Crippen LogP contribution in [0.5, 0.6) is 0 Å². The Morgan fingerprint density at radius 3 is 2.32 bits per heavy atom. The van der Waals surface area contributed by atoms with Crippen LogP contribution in [0, 0.1) is 0 Å². The van der Waals surface area contributed by atoms with Crippen LogP contribution in [0.2, 0.25) is 10.0 Å². The number of hydrogen-bond donors (Lipinski definition) is 2. The number of benzene rings is 3. The van der Waals surface area contributed by atoms with Gasteiger partial charge < -0.3 is 15.5 Å². The molecule has 0 spiro atoms. The van der Waals surface area contributed by atoms with Gasteiger partial charge in [-0.1, -0.05) is 71.7 Å². The summed E-state index contributed by atoms with van der Waals surface area (Å²) in [6, 6.07) is 18.8. The van der Waals surface area contributed by atoms with Gasteiger partial charge in [0, 0.05) is 33.8 Å². The Morgan fingerprint density at radius 2 is 1.62 bits per heavy atom. The van der Waals surface area contributed by atoms with Crippen molar-refractivity contribution in [2.24, 2.45) is 4.99 Å². The minimum atomic E-state index is -1.33. The zero-order valence-electron chi connectivity index (χ0n) is 19.9. The van der Waals surface area contributed by atoms with Gasteiger partial charge in [0.2, 0.25) is 17.9 Å². The number of fused-ring (bicyclic) bond motifs is 1. The molecule has 2 atom stereocenters. The summed E-state index contributed by atoms with van der Waals surface area (Å²) in [4.78, 5) is 57.0. The first kappa shape index (κ1) is 26.1. The van der Waals surface area contributed by atoms with E-state index in [9.17, 15) is 19.2 Å². The van der Waals surface area contributed by atoms with Gasteiger partial charge >= 0.3 is 0 Å². The predicted octanol–water partition coefficient (Wildman–Crippen LogP) is 3.64. The average molecular weight is 537 g/mol. The van der Waals surface area contributed by atoms with E-state index in [-0.39, 0.29) is 5.56 Å². The van der Waals surface area contributed by atoms with Gasteiger partial charge in [0.05, 0.1) is 11.4 Å². The number of amides is 3. The van der Waals surface area contributed by atoms with E-state index in [1.54, 1.807) is 67.7 Å². The number of anilines is 1. The van der Waals surface area contributed by atoms with Gasteiger partial charge in [0.25, 0.3) is 11.8 Å². The first-order valence-corrected chi connectivity index (χ1v) is 12.0. The third-order valence-electron chi connectivity index (χ3n) is 5.79. The number of nitrogens with zero attached hydrogens (tertiary/aromatic N) is 2. The van der Waals surface area contributed by atoms with E-state index < -0.39 is 35.7 Å². The molecule has 188 valence electrons. The topological polar surface area (TPSA) is 108 Å². The fourth-order valence-electron chi connectivity index (χ4n) is 3.82. The van der Waals surface area contributed by atoms with Crippen LogP contribution in [0.15, 0.2) is 77.8 Å². The molecule has 0 fully saturated rings. The van der Waals surface area contributed by atoms with Crippen LogP contribution in [0.3, 0.4) is 0 Å². The highest BCUT2D eigenvalue weighted by Gasteiger charge is 2.33. The lowest BCUT2D eigenvalue weighted by Crippen LogP contribution is -2.53. The maximum Gasteiger partial charge on any atom is 0.293 e. The van der Waals surface area contributed by atoms with E-state index in [4.69, 9.17) is 23.2 Å². The molecule has 4 rings (SSSR count). The molecule has 0 bridgehead atoms. The molecular weight excluding hydrogens is 515 g/mol. The quantitative estimate of drug-likeness (QED) is 0.370. The molecule has 0 aliphatic carbocycles. The zero-order valence-corrected chi connectivity index (χ0v) is 21.4. The molecule has 2 N–H and O–H groups in total. The van der Waals surface area contributed by atoms with E-state index in [1.807, 2.05) is 0 Å². The molecule has 3 aromatic carbocycles. The Bertz CT molecular complexity index is 1420. The summed E-state index contributed by atoms with van der Waals surface area (Å²) < 4.78 is 0. The van der Waals surface area contributed by atoms with Crippen molar-refractivity contribution in [3.05, 3.63) is 99.5 Å². The predicted molar refractivity (Wildman–Crippen MR) is 142 cm³/mol. The lowest BCUT2D eigenvalue weighted by molar-refractivity contribution is -0.129. The van der Waals surface area contributed by atoms with Crippen LogP contribution in [0.25, 0.3) is 0 Å². The molecule has 0 saturated heterocycles. The zero-order chi connectivity index (χ0) is 26.7. The first-order valence-electron chi connectivity index (χ1n) is 11.3. The average Bonchev–Trinajstić information content (AvgIpc) is 2.99. The lowest BCUT2D eigenvalue weighted by atomic mass is 10.00. The monoisotopic (exact) mass is 536 g/mol. The second kappa shape index (κ2) is 10.9. The maximum absolute atomic E-state index is 13.3. The minimum Gasteiger partial charge on any atom is -0.338 e. The van der Waals surface area contributed by atoms with Gasteiger partial charge in [-0.05, 0) is 31.2 Å². The number of nitrogens with one attached hydrogen (secondary N) is 2. The Morgan fingerprint density at radius 1 is 0.946 bits per heavy atom. The molecule has 1 heterocycles. The van der Waals surface area contributed by atoms with E-state index in [2.05, 4.69) is 15.6 Å². The number of ketones is 1. The normalized spacial score (nSPS) is 15.7. The number of carbonyl (C=O) groups is 4. The minimum absolute atomic E-state index is 0.193. The molecule has 3 aromatic rings. The van der Waals surface area contributed by atoms with E-state index in [0.29, 0.717) is 32.6 Å². The Hall–Kier alpha value is -4.01. The standard InChI is InChI=1S/C27H22Cl2N4O4/c1-15(30-26(36)23(34)16-8-4-3-5-9-16)25(35)32-24-27(37)33(2)21-13-12-17(28)14-19(21)22(31-24)18-10-6-7-11-20(18)29/h3-15,24H,1-2H3,(H,30,36)(H,32,35)/t15-,24?/m0/s1. The van der Waals surface area contributed by atoms with Crippen molar-refractivity contribution in [3.8, 4) is 0 Å². The third kappa shape index (κ3) is 5.55. The molecule has 0 saturated carbocycles. The number of rotatable bonds is 6. The van der Waals surface area contributed by atoms with Gasteiger partial charge in [-0.2, -0.15) is 0 Å². The van der Waals surface area contributed by atoms with Crippen molar-refractivity contribution < 1.29 is 19.2 Å². The summed E-state index contributed by atoms with van der Waals surface area (Å²) in [6.45, 7) is 1.41. The van der Waals surface area contributed by atoms with E-state index >= 15 is 0 Å². The second-order valence-electron chi connectivity index (χ2n) is 8.32. The molecule has 1 unspecified atom stereocenters. The molecule has 0 radical (unpaired) electrons. The Balaban J connectivity index is 1.62. The summed E-state index contributed by atoms with van der Waals surface area (Å²) in [7, 11) is 1.56. The van der Waals surface area contributed by atoms with E-state index in [0.717, 1.165) is 0 Å². The molecular formula is C27H22Cl2N4O4. The SMILES string of the molecule is C[C@H](NC(=O)C(=O)c1ccccc1)C(=O)NC1N=C(c2ccccc2Cl)c2cc(Cl)ccc2N(C)C1=O. The highest BCUT2D eigenvalue weighted by molar-refractivity contribution is 6.43. The van der Waals surface area contributed by atoms with Crippen molar-refractivity contribution in [2.45, 2.75) is 19.1 Å². The second-order valence-corrected chi connectivity index (χ2v) is 9.16. The Kier molecular flexibility index (Phi) is 7.71. The molecule has 1 aliphatic rings. The van der Waals surface area contributed by atoms with Gasteiger partial charge in [-0.25, -0.2) is 4.99 Å². The molecule has 3 amide bonds. The largest absolute Gasteiger partial charge is 0.338 e. The van der Waals surface area contributed by atoms with Crippen LogP contribution >= 0.6 is 23.2 Å². The molecule has 0 aromatic heterocycles. The van der Waals surface area contributed by atoms with Crippen molar-refractivity contribution in [3.63, 3.8) is 0 Å². The summed E-state index contributed by atoms with van der Waals surface area (Å²) >= 11 is 12.7. The van der Waals surface area contributed by atoms with Crippen molar-refractivity contribution in [2.75, 3.05) is 11.9 Å².